The highest BCUT2D eigenvalue weighted by Crippen LogP contribution is 2.23. The fraction of sp³-hybridized carbons (Fsp3) is 0. The Balaban J connectivity index is 1.63. The first kappa shape index (κ1) is 20.0. The minimum atomic E-state index is -3.78. The number of carbonyl (C=O) groups excluding carboxylic acids is 1. The van der Waals surface area contributed by atoms with Gasteiger partial charge in [0.15, 0.2) is 10.9 Å². The third kappa shape index (κ3) is 4.96. The second-order valence-electron chi connectivity index (χ2n) is 5.65. The third-order valence-electron chi connectivity index (χ3n) is 3.63. The summed E-state index contributed by atoms with van der Waals surface area (Å²) < 4.78 is 28.0. The van der Waals surface area contributed by atoms with Gasteiger partial charge in [-0.2, -0.15) is 0 Å². The number of nitrogens with two attached hydrogens (primary N) is 1. The number of amides is 1. The number of thiocarbonyl (C=S) groups is 1. The number of benzene rings is 2. The molecule has 4 N–H and O–H groups in total. The van der Waals surface area contributed by atoms with Crippen LogP contribution in [0.15, 0.2) is 70.0 Å². The molecule has 0 radical (unpaired) electrons. The van der Waals surface area contributed by atoms with Crippen LogP contribution in [0.25, 0.3) is 11.3 Å². The Bertz CT molecular complexity index is 1120. The molecule has 3 aromatic rings. The molecule has 28 heavy (non-hydrogen) atoms. The minimum Gasteiger partial charge on any atom is -0.451 e. The predicted octanol–water partition coefficient (Wildman–Crippen LogP) is 3.37. The topological polar surface area (TPSA) is 114 Å². The standard InChI is InChI=1S/C18H14ClN3O4S2/c19-12-3-1-11(2-4-12)15-9-10-16(26-15)17(23)22-18(27)21-13-5-7-14(8-6-13)28(20,24)25/h1-10H,(H2,20,24,25)(H2,21,22,23,27). The van der Waals surface area contributed by atoms with Crippen molar-refractivity contribution in [3.05, 3.63) is 71.4 Å². The van der Waals surface area contributed by atoms with Gasteiger partial charge in [-0.05, 0) is 72.9 Å². The van der Waals surface area contributed by atoms with Crippen LogP contribution in [0.2, 0.25) is 5.02 Å². The van der Waals surface area contributed by atoms with E-state index in [-0.39, 0.29) is 15.8 Å². The molecule has 0 saturated heterocycles. The fourth-order valence-corrected chi connectivity index (χ4v) is 3.14. The van der Waals surface area contributed by atoms with Crippen LogP contribution in [0.5, 0.6) is 0 Å². The summed E-state index contributed by atoms with van der Waals surface area (Å²) in [5.74, 6) is 0.0665. The molecule has 1 amide bonds. The maximum absolute atomic E-state index is 12.3. The minimum absolute atomic E-state index is 0.0257. The number of furan rings is 1. The Labute approximate surface area is 171 Å². The van der Waals surface area contributed by atoms with E-state index in [1.807, 2.05) is 0 Å². The monoisotopic (exact) mass is 435 g/mol. The zero-order chi connectivity index (χ0) is 20.3. The van der Waals surface area contributed by atoms with Crippen molar-refractivity contribution in [3.8, 4) is 11.3 Å². The van der Waals surface area contributed by atoms with E-state index in [0.717, 1.165) is 5.56 Å². The van der Waals surface area contributed by atoms with E-state index in [9.17, 15) is 13.2 Å². The lowest BCUT2D eigenvalue weighted by Gasteiger charge is -2.09. The molecule has 1 heterocycles. The van der Waals surface area contributed by atoms with Gasteiger partial charge in [-0.15, -0.1) is 0 Å². The van der Waals surface area contributed by atoms with Gasteiger partial charge in [0.05, 0.1) is 4.90 Å². The molecule has 0 aliphatic heterocycles. The van der Waals surface area contributed by atoms with Crippen molar-refractivity contribution < 1.29 is 17.6 Å². The number of rotatable bonds is 4. The normalized spacial score (nSPS) is 11.1. The van der Waals surface area contributed by atoms with E-state index in [1.54, 1.807) is 30.3 Å². The van der Waals surface area contributed by atoms with Crippen LogP contribution in [-0.2, 0) is 10.0 Å². The highest BCUT2D eigenvalue weighted by atomic mass is 35.5. The van der Waals surface area contributed by atoms with Crippen LogP contribution in [0.4, 0.5) is 5.69 Å². The van der Waals surface area contributed by atoms with E-state index in [2.05, 4.69) is 10.6 Å². The Morgan fingerprint density at radius 1 is 1.00 bits per heavy atom. The molecule has 0 aliphatic rings. The lowest BCUT2D eigenvalue weighted by atomic mass is 10.2. The fourth-order valence-electron chi connectivity index (χ4n) is 2.28. The Hall–Kier alpha value is -2.72. The number of primary sulfonamides is 1. The number of hydrogen-bond donors (Lipinski definition) is 3. The quantitative estimate of drug-likeness (QED) is 0.541. The van der Waals surface area contributed by atoms with Gasteiger partial charge in [-0.3, -0.25) is 10.1 Å². The lowest BCUT2D eigenvalue weighted by Crippen LogP contribution is -2.33. The van der Waals surface area contributed by atoms with Gasteiger partial charge in [0.2, 0.25) is 10.0 Å². The zero-order valence-electron chi connectivity index (χ0n) is 14.2. The van der Waals surface area contributed by atoms with E-state index >= 15 is 0 Å². The van der Waals surface area contributed by atoms with Gasteiger partial charge >= 0.3 is 0 Å². The SMILES string of the molecule is NS(=O)(=O)c1ccc(NC(=S)NC(=O)c2ccc(-c3ccc(Cl)cc3)o2)cc1. The zero-order valence-corrected chi connectivity index (χ0v) is 16.6. The van der Waals surface area contributed by atoms with E-state index < -0.39 is 15.9 Å². The largest absolute Gasteiger partial charge is 0.451 e. The third-order valence-corrected chi connectivity index (χ3v) is 5.01. The van der Waals surface area contributed by atoms with Gasteiger partial charge in [0.1, 0.15) is 5.76 Å². The molecular formula is C18H14ClN3O4S2. The molecule has 0 aliphatic carbocycles. The van der Waals surface area contributed by atoms with Crippen LogP contribution in [-0.4, -0.2) is 19.4 Å². The first-order valence-corrected chi connectivity index (χ1v) is 10.2. The van der Waals surface area contributed by atoms with Crippen LogP contribution in [0, 0.1) is 0 Å². The molecule has 1 aromatic heterocycles. The van der Waals surface area contributed by atoms with Crippen molar-refractivity contribution in [1.29, 1.82) is 0 Å². The number of halogens is 1. The van der Waals surface area contributed by atoms with Gasteiger partial charge in [-0.25, -0.2) is 13.6 Å². The summed E-state index contributed by atoms with van der Waals surface area (Å²) in [7, 11) is -3.78. The highest BCUT2D eigenvalue weighted by molar-refractivity contribution is 7.89. The summed E-state index contributed by atoms with van der Waals surface area (Å²) in [6.45, 7) is 0. The van der Waals surface area contributed by atoms with Crippen molar-refractivity contribution in [2.45, 2.75) is 4.90 Å². The highest BCUT2D eigenvalue weighted by Gasteiger charge is 2.14. The Morgan fingerprint density at radius 2 is 1.64 bits per heavy atom. The van der Waals surface area contributed by atoms with Gasteiger partial charge in [-0.1, -0.05) is 11.6 Å². The van der Waals surface area contributed by atoms with Crippen LogP contribution in [0.3, 0.4) is 0 Å². The maximum atomic E-state index is 12.3. The van der Waals surface area contributed by atoms with Crippen LogP contribution < -0.4 is 15.8 Å². The number of anilines is 1. The molecule has 144 valence electrons. The molecule has 7 nitrogen and oxygen atoms in total. The van der Waals surface area contributed by atoms with E-state index in [0.29, 0.717) is 16.5 Å². The van der Waals surface area contributed by atoms with Crippen molar-refractivity contribution in [2.24, 2.45) is 5.14 Å². The van der Waals surface area contributed by atoms with Crippen LogP contribution in [0.1, 0.15) is 10.6 Å². The van der Waals surface area contributed by atoms with Gasteiger partial charge < -0.3 is 9.73 Å². The average Bonchev–Trinajstić information content (AvgIpc) is 3.12. The summed E-state index contributed by atoms with van der Waals surface area (Å²) in [6, 6.07) is 15.8. The second kappa shape index (κ2) is 8.11. The van der Waals surface area contributed by atoms with Gasteiger partial charge in [0, 0.05) is 16.3 Å². The summed E-state index contributed by atoms with van der Waals surface area (Å²) in [5.41, 5.74) is 1.26. The first-order chi connectivity index (χ1) is 13.2. The predicted molar refractivity (Wildman–Crippen MR) is 111 cm³/mol. The van der Waals surface area contributed by atoms with Crippen molar-refractivity contribution >= 4 is 50.5 Å². The molecule has 0 bridgehead atoms. The molecule has 0 spiro atoms. The average molecular weight is 436 g/mol. The summed E-state index contributed by atoms with van der Waals surface area (Å²) in [6.07, 6.45) is 0. The van der Waals surface area contributed by atoms with E-state index in [1.165, 1.54) is 30.3 Å². The maximum Gasteiger partial charge on any atom is 0.293 e. The Kier molecular flexibility index (Phi) is 5.80. The number of hydrogen-bond acceptors (Lipinski definition) is 5. The smallest absolute Gasteiger partial charge is 0.293 e. The van der Waals surface area contributed by atoms with Crippen molar-refractivity contribution in [3.63, 3.8) is 0 Å². The number of carbonyl (C=O) groups is 1. The number of sulfonamides is 1. The molecule has 2 aromatic carbocycles. The van der Waals surface area contributed by atoms with Crippen LogP contribution >= 0.6 is 23.8 Å². The summed E-state index contributed by atoms with van der Waals surface area (Å²) >= 11 is 10.9. The van der Waals surface area contributed by atoms with Crippen molar-refractivity contribution in [1.82, 2.24) is 5.32 Å². The Morgan fingerprint density at radius 3 is 2.25 bits per heavy atom. The summed E-state index contributed by atoms with van der Waals surface area (Å²) in [5, 5.41) is 10.9. The second-order valence-corrected chi connectivity index (χ2v) is 8.05. The molecular weight excluding hydrogens is 422 g/mol. The molecule has 0 saturated carbocycles. The van der Waals surface area contributed by atoms with Crippen molar-refractivity contribution in [2.75, 3.05) is 5.32 Å². The molecule has 0 atom stereocenters. The molecule has 0 fully saturated rings. The summed E-state index contributed by atoms with van der Waals surface area (Å²) in [4.78, 5) is 12.3. The first-order valence-electron chi connectivity index (χ1n) is 7.83. The molecule has 0 unspecified atom stereocenters. The van der Waals surface area contributed by atoms with Gasteiger partial charge in [0.25, 0.3) is 5.91 Å². The molecule has 3 rings (SSSR count). The number of nitrogens with one attached hydrogen (secondary N) is 2. The van der Waals surface area contributed by atoms with E-state index in [4.69, 9.17) is 33.4 Å². The molecule has 10 heteroatoms. The lowest BCUT2D eigenvalue weighted by molar-refractivity contribution is 0.0951.